The largest absolute Gasteiger partial charge is 0.362 e. The first-order valence-electron chi connectivity index (χ1n) is 5.55. The Bertz CT molecular complexity index is 489. The van der Waals surface area contributed by atoms with Crippen molar-refractivity contribution in [3.63, 3.8) is 0 Å². The van der Waals surface area contributed by atoms with E-state index in [0.29, 0.717) is 24.1 Å². The first kappa shape index (κ1) is 12.7. The van der Waals surface area contributed by atoms with Gasteiger partial charge in [-0.05, 0) is 22.4 Å². The minimum atomic E-state index is 0.444. The SMILES string of the molecule is CCCNc1ncc(Br)c(NCc2ncon2)n1. The van der Waals surface area contributed by atoms with Crippen molar-refractivity contribution in [2.75, 3.05) is 17.2 Å². The van der Waals surface area contributed by atoms with E-state index in [1.165, 1.54) is 6.39 Å². The highest BCUT2D eigenvalue weighted by Gasteiger charge is 2.06. The highest BCUT2D eigenvalue weighted by molar-refractivity contribution is 9.10. The van der Waals surface area contributed by atoms with Crippen molar-refractivity contribution < 1.29 is 4.52 Å². The van der Waals surface area contributed by atoms with Gasteiger partial charge in [0.05, 0.1) is 11.0 Å². The Morgan fingerprint density at radius 3 is 2.94 bits per heavy atom. The molecule has 0 aliphatic rings. The molecule has 0 aliphatic heterocycles. The summed E-state index contributed by atoms with van der Waals surface area (Å²) in [5.41, 5.74) is 0. The summed E-state index contributed by atoms with van der Waals surface area (Å²) >= 11 is 3.38. The topological polar surface area (TPSA) is 88.8 Å². The lowest BCUT2D eigenvalue weighted by Crippen LogP contribution is -2.08. The van der Waals surface area contributed by atoms with E-state index in [1.807, 2.05) is 0 Å². The molecule has 2 N–H and O–H groups in total. The summed E-state index contributed by atoms with van der Waals surface area (Å²) in [7, 11) is 0. The smallest absolute Gasteiger partial charge is 0.224 e. The molecule has 0 saturated heterocycles. The molecule has 2 heterocycles. The lowest BCUT2D eigenvalue weighted by molar-refractivity contribution is 0.411. The number of rotatable bonds is 6. The average Bonchev–Trinajstić information content (AvgIpc) is 2.89. The zero-order valence-corrected chi connectivity index (χ0v) is 11.4. The second-order valence-electron chi connectivity index (χ2n) is 3.52. The lowest BCUT2D eigenvalue weighted by atomic mass is 10.5. The number of anilines is 2. The number of hydrogen-bond acceptors (Lipinski definition) is 7. The van der Waals surface area contributed by atoms with Crippen LogP contribution in [0.25, 0.3) is 0 Å². The lowest BCUT2D eigenvalue weighted by Gasteiger charge is -2.08. The van der Waals surface area contributed by atoms with Crippen molar-refractivity contribution in [2.24, 2.45) is 0 Å². The van der Waals surface area contributed by atoms with Gasteiger partial charge in [0.1, 0.15) is 5.82 Å². The minimum absolute atomic E-state index is 0.444. The van der Waals surface area contributed by atoms with Gasteiger partial charge in [0, 0.05) is 12.7 Å². The molecule has 18 heavy (non-hydrogen) atoms. The van der Waals surface area contributed by atoms with Crippen molar-refractivity contribution in [1.29, 1.82) is 0 Å². The van der Waals surface area contributed by atoms with Crippen LogP contribution in [0.5, 0.6) is 0 Å². The molecule has 8 heteroatoms. The molecule has 0 fully saturated rings. The normalized spacial score (nSPS) is 10.3. The van der Waals surface area contributed by atoms with Crippen molar-refractivity contribution in [2.45, 2.75) is 19.9 Å². The fraction of sp³-hybridized carbons (Fsp3) is 0.400. The molecule has 0 unspecified atom stereocenters. The molecule has 0 bridgehead atoms. The van der Waals surface area contributed by atoms with Crippen LogP contribution in [0.4, 0.5) is 11.8 Å². The van der Waals surface area contributed by atoms with Crippen LogP contribution in [0.15, 0.2) is 21.6 Å². The third kappa shape index (κ3) is 3.39. The molecule has 2 rings (SSSR count). The van der Waals surface area contributed by atoms with Crippen LogP contribution >= 0.6 is 15.9 Å². The molecule has 0 saturated carbocycles. The van der Waals surface area contributed by atoms with E-state index >= 15 is 0 Å². The van der Waals surface area contributed by atoms with E-state index in [2.05, 4.69) is 58.1 Å². The summed E-state index contributed by atoms with van der Waals surface area (Å²) in [5, 5.41) is 9.94. The summed E-state index contributed by atoms with van der Waals surface area (Å²) in [6, 6.07) is 0. The number of nitrogens with one attached hydrogen (secondary N) is 2. The number of aromatic nitrogens is 4. The maximum atomic E-state index is 4.65. The van der Waals surface area contributed by atoms with Crippen LogP contribution in [0.2, 0.25) is 0 Å². The molecule has 0 radical (unpaired) electrons. The van der Waals surface area contributed by atoms with Gasteiger partial charge in [-0.2, -0.15) is 9.97 Å². The molecule has 0 aliphatic carbocycles. The van der Waals surface area contributed by atoms with E-state index in [1.54, 1.807) is 6.20 Å². The molecule has 2 aromatic rings. The van der Waals surface area contributed by atoms with Crippen molar-refractivity contribution in [1.82, 2.24) is 20.1 Å². The minimum Gasteiger partial charge on any atom is -0.362 e. The predicted octanol–water partition coefficient (Wildman–Crippen LogP) is 2.06. The van der Waals surface area contributed by atoms with E-state index in [-0.39, 0.29) is 0 Å². The van der Waals surface area contributed by atoms with Crippen molar-refractivity contribution in [3.05, 3.63) is 22.9 Å². The summed E-state index contributed by atoms with van der Waals surface area (Å²) in [6.07, 6.45) is 4.01. The Morgan fingerprint density at radius 2 is 2.22 bits per heavy atom. The molecule has 0 aromatic carbocycles. The van der Waals surface area contributed by atoms with E-state index in [4.69, 9.17) is 0 Å². The van der Waals surface area contributed by atoms with Gasteiger partial charge in [-0.15, -0.1) is 0 Å². The van der Waals surface area contributed by atoms with Crippen LogP contribution in [0, 0.1) is 0 Å². The standard InChI is InChI=1S/C10H13BrN6O/c1-2-3-12-10-14-4-7(11)9(16-10)13-5-8-15-6-18-17-8/h4,6H,2-3,5H2,1H3,(H2,12,13,14,16). The molecule has 0 atom stereocenters. The summed E-state index contributed by atoms with van der Waals surface area (Å²) < 4.78 is 5.44. The van der Waals surface area contributed by atoms with E-state index < -0.39 is 0 Å². The van der Waals surface area contributed by atoms with Crippen LogP contribution in [0.1, 0.15) is 19.2 Å². The summed E-state index contributed by atoms with van der Waals surface area (Å²) in [6.45, 7) is 3.37. The Morgan fingerprint density at radius 1 is 1.33 bits per heavy atom. The molecular weight excluding hydrogens is 300 g/mol. The molecule has 0 amide bonds. The van der Waals surface area contributed by atoms with Crippen LogP contribution in [0.3, 0.4) is 0 Å². The average molecular weight is 313 g/mol. The number of nitrogens with zero attached hydrogens (tertiary/aromatic N) is 4. The van der Waals surface area contributed by atoms with Gasteiger partial charge in [0.15, 0.2) is 5.82 Å². The van der Waals surface area contributed by atoms with E-state index in [9.17, 15) is 0 Å². The predicted molar refractivity (Wildman–Crippen MR) is 70.1 cm³/mol. The molecule has 2 aromatic heterocycles. The van der Waals surface area contributed by atoms with Crippen LogP contribution in [-0.2, 0) is 6.54 Å². The van der Waals surface area contributed by atoms with Gasteiger partial charge in [0.2, 0.25) is 12.3 Å². The molecule has 7 nitrogen and oxygen atoms in total. The van der Waals surface area contributed by atoms with Crippen LogP contribution in [-0.4, -0.2) is 26.7 Å². The Hall–Kier alpha value is -1.70. The van der Waals surface area contributed by atoms with Gasteiger partial charge in [-0.25, -0.2) is 4.98 Å². The fourth-order valence-electron chi connectivity index (χ4n) is 1.25. The van der Waals surface area contributed by atoms with Gasteiger partial charge < -0.3 is 15.2 Å². The van der Waals surface area contributed by atoms with Gasteiger partial charge in [-0.1, -0.05) is 12.1 Å². The second kappa shape index (κ2) is 6.29. The zero-order valence-electron chi connectivity index (χ0n) is 9.85. The Kier molecular flexibility index (Phi) is 4.46. The first-order chi connectivity index (χ1) is 8.79. The second-order valence-corrected chi connectivity index (χ2v) is 4.37. The van der Waals surface area contributed by atoms with Gasteiger partial charge in [0.25, 0.3) is 0 Å². The fourth-order valence-corrected chi connectivity index (χ4v) is 1.58. The third-order valence-corrected chi connectivity index (χ3v) is 2.68. The monoisotopic (exact) mass is 312 g/mol. The Labute approximate surface area is 113 Å². The van der Waals surface area contributed by atoms with Gasteiger partial charge >= 0.3 is 0 Å². The first-order valence-corrected chi connectivity index (χ1v) is 6.34. The molecular formula is C10H13BrN6O. The van der Waals surface area contributed by atoms with Crippen molar-refractivity contribution >= 4 is 27.7 Å². The molecule has 0 spiro atoms. The highest BCUT2D eigenvalue weighted by atomic mass is 79.9. The third-order valence-electron chi connectivity index (χ3n) is 2.10. The quantitative estimate of drug-likeness (QED) is 0.843. The van der Waals surface area contributed by atoms with Gasteiger partial charge in [-0.3, -0.25) is 0 Å². The van der Waals surface area contributed by atoms with Crippen LogP contribution < -0.4 is 10.6 Å². The summed E-state index contributed by atoms with van der Waals surface area (Å²) in [5.74, 6) is 1.85. The number of halogens is 1. The molecule has 96 valence electrons. The Balaban J connectivity index is 2.01. The zero-order chi connectivity index (χ0) is 12.8. The maximum absolute atomic E-state index is 4.65. The maximum Gasteiger partial charge on any atom is 0.224 e. The van der Waals surface area contributed by atoms with E-state index in [0.717, 1.165) is 17.4 Å². The van der Waals surface area contributed by atoms with Crippen molar-refractivity contribution in [3.8, 4) is 0 Å². The summed E-state index contributed by atoms with van der Waals surface area (Å²) in [4.78, 5) is 12.4. The number of hydrogen-bond donors (Lipinski definition) is 2. The highest BCUT2D eigenvalue weighted by Crippen LogP contribution is 2.20.